The second-order valence-electron chi connectivity index (χ2n) is 8.62. The molecule has 0 N–H and O–H groups in total. The van der Waals surface area contributed by atoms with Gasteiger partial charge in [0.25, 0.3) is 0 Å². The maximum absolute atomic E-state index is 13.0. The maximum atomic E-state index is 13.0. The van der Waals surface area contributed by atoms with Gasteiger partial charge in [-0.05, 0) is 51.8 Å². The highest BCUT2D eigenvalue weighted by molar-refractivity contribution is 6.00. The van der Waals surface area contributed by atoms with Crippen LogP contribution in [-0.4, -0.2) is 42.7 Å². The second-order valence-corrected chi connectivity index (χ2v) is 8.62. The molecular weight excluding hydrogens is 402 g/mol. The molecule has 0 spiro atoms. The fraction of sp³-hybridized carbons (Fsp3) is 0.370. The van der Waals surface area contributed by atoms with Crippen molar-refractivity contribution >= 4 is 22.4 Å². The Kier molecular flexibility index (Phi) is 6.38. The number of aryl methyl sites for hydroxylation is 1. The lowest BCUT2D eigenvalue weighted by atomic mass is 9.98. The summed E-state index contributed by atoms with van der Waals surface area (Å²) in [5.74, 6) is 0.716. The molecule has 0 bridgehead atoms. The number of ether oxygens (including phenoxy) is 2. The van der Waals surface area contributed by atoms with E-state index in [1.54, 1.807) is 12.3 Å². The lowest BCUT2D eigenvalue weighted by Crippen LogP contribution is -2.47. The van der Waals surface area contributed by atoms with E-state index in [1.165, 1.54) is 5.56 Å². The number of hydrogen-bond donors (Lipinski definition) is 0. The number of nitrogens with zero attached hydrogens (tertiary/aromatic N) is 1. The molecule has 4 rings (SSSR count). The molecule has 0 aliphatic carbocycles. The summed E-state index contributed by atoms with van der Waals surface area (Å²) in [4.78, 5) is 14.9. The van der Waals surface area contributed by atoms with Crippen molar-refractivity contribution in [2.24, 2.45) is 0 Å². The summed E-state index contributed by atoms with van der Waals surface area (Å²) in [6.07, 6.45) is 3.57. The number of allylic oxidation sites excluding steroid dienone is 1. The minimum absolute atomic E-state index is 0.00185. The van der Waals surface area contributed by atoms with Crippen LogP contribution in [-0.2, 0) is 9.53 Å². The molecule has 5 nitrogen and oxygen atoms in total. The Morgan fingerprint density at radius 2 is 1.84 bits per heavy atom. The van der Waals surface area contributed by atoms with Crippen LogP contribution >= 0.6 is 0 Å². The van der Waals surface area contributed by atoms with Crippen molar-refractivity contribution in [2.75, 3.05) is 19.7 Å². The number of morpholine rings is 1. The zero-order valence-corrected chi connectivity index (χ0v) is 19.5. The molecule has 3 aromatic rings. The third-order valence-electron chi connectivity index (χ3n) is 5.83. The highest BCUT2D eigenvalue weighted by Gasteiger charge is 2.25. The van der Waals surface area contributed by atoms with E-state index in [0.717, 1.165) is 39.0 Å². The first-order valence-corrected chi connectivity index (χ1v) is 11.2. The summed E-state index contributed by atoms with van der Waals surface area (Å²) in [5, 5.41) is 1.00. The molecule has 0 radical (unpaired) electrons. The third-order valence-corrected chi connectivity index (χ3v) is 5.83. The number of furan rings is 1. The number of hydrogen-bond acceptors (Lipinski definition) is 4. The van der Waals surface area contributed by atoms with Crippen molar-refractivity contribution in [3.63, 3.8) is 0 Å². The zero-order valence-electron chi connectivity index (χ0n) is 19.5. The van der Waals surface area contributed by atoms with Crippen LogP contribution in [0.4, 0.5) is 0 Å². The van der Waals surface area contributed by atoms with Gasteiger partial charge in [-0.2, -0.15) is 0 Å². The van der Waals surface area contributed by atoms with Crippen molar-refractivity contribution in [1.82, 2.24) is 4.90 Å². The number of carbonyl (C=O) groups excluding carboxylic acids is 1. The van der Waals surface area contributed by atoms with Gasteiger partial charge in [-0.15, -0.1) is 0 Å². The molecule has 0 saturated carbocycles. The molecule has 1 aliphatic heterocycles. The van der Waals surface area contributed by atoms with Gasteiger partial charge in [-0.3, -0.25) is 4.79 Å². The van der Waals surface area contributed by atoms with E-state index < -0.39 is 0 Å². The van der Waals surface area contributed by atoms with E-state index in [1.807, 2.05) is 38.7 Å². The smallest absolute Gasteiger partial charge is 0.247 e. The summed E-state index contributed by atoms with van der Waals surface area (Å²) < 4.78 is 17.5. The fourth-order valence-corrected chi connectivity index (χ4v) is 4.31. The summed E-state index contributed by atoms with van der Waals surface area (Å²) >= 11 is 0. The molecular formula is C27H31NO4. The lowest BCUT2D eigenvalue weighted by molar-refractivity contribution is -0.137. The van der Waals surface area contributed by atoms with Crippen LogP contribution < -0.4 is 4.74 Å². The summed E-state index contributed by atoms with van der Waals surface area (Å²) in [5.41, 5.74) is 5.87. The minimum Gasteiger partial charge on any atom is -0.493 e. The normalized spacial score (nSPS) is 19.4. The third kappa shape index (κ3) is 4.58. The van der Waals surface area contributed by atoms with Gasteiger partial charge in [0, 0.05) is 41.7 Å². The van der Waals surface area contributed by atoms with Gasteiger partial charge in [0.05, 0.1) is 25.1 Å². The SMILES string of the molecule is CCOc1cc2occ(-c3ccc(C)cc3)c2cc1/C(C)=C/C(=O)N1CC(C)OC(C)C1. The van der Waals surface area contributed by atoms with Crippen molar-refractivity contribution < 1.29 is 18.7 Å². The van der Waals surface area contributed by atoms with Crippen LogP contribution in [0.3, 0.4) is 0 Å². The number of fused-ring (bicyclic) bond motifs is 1. The summed E-state index contributed by atoms with van der Waals surface area (Å²) in [7, 11) is 0. The standard InChI is InChI=1S/C27H31NO4/c1-6-30-25-13-26-23(24(16-31-26)21-9-7-17(2)8-10-21)12-22(25)18(3)11-27(29)28-14-19(4)32-20(5)15-28/h7-13,16,19-20H,6,14-15H2,1-5H3/b18-11+. The topological polar surface area (TPSA) is 51.9 Å². The quantitative estimate of drug-likeness (QED) is 0.474. The Morgan fingerprint density at radius 1 is 1.16 bits per heavy atom. The maximum Gasteiger partial charge on any atom is 0.247 e. The highest BCUT2D eigenvalue weighted by Crippen LogP contribution is 2.37. The summed E-state index contributed by atoms with van der Waals surface area (Å²) in [6.45, 7) is 11.7. The molecule has 2 unspecified atom stereocenters. The fourth-order valence-electron chi connectivity index (χ4n) is 4.31. The molecule has 2 heterocycles. The lowest BCUT2D eigenvalue weighted by Gasteiger charge is -2.34. The van der Waals surface area contributed by atoms with E-state index in [9.17, 15) is 4.79 Å². The monoisotopic (exact) mass is 433 g/mol. The van der Waals surface area contributed by atoms with Crippen LogP contribution in [0.15, 0.2) is 53.2 Å². The summed E-state index contributed by atoms with van der Waals surface area (Å²) in [6, 6.07) is 12.4. The average molecular weight is 434 g/mol. The largest absolute Gasteiger partial charge is 0.493 e. The number of amides is 1. The van der Waals surface area contributed by atoms with Crippen LogP contribution in [0, 0.1) is 6.92 Å². The van der Waals surface area contributed by atoms with E-state index in [2.05, 4.69) is 37.3 Å². The Morgan fingerprint density at radius 3 is 2.50 bits per heavy atom. The van der Waals surface area contributed by atoms with Crippen LogP contribution in [0.2, 0.25) is 0 Å². The van der Waals surface area contributed by atoms with Gasteiger partial charge >= 0.3 is 0 Å². The Labute approximate surface area is 189 Å². The minimum atomic E-state index is -0.00185. The molecule has 2 atom stereocenters. The van der Waals surface area contributed by atoms with Gasteiger partial charge in [-0.25, -0.2) is 0 Å². The Hall–Kier alpha value is -3.05. The van der Waals surface area contributed by atoms with Gasteiger partial charge in [0.15, 0.2) is 0 Å². The zero-order chi connectivity index (χ0) is 22.8. The Balaban J connectivity index is 1.73. The first-order valence-electron chi connectivity index (χ1n) is 11.2. The number of carbonyl (C=O) groups is 1. The molecule has 1 aliphatic rings. The van der Waals surface area contributed by atoms with Crippen molar-refractivity contribution in [3.05, 3.63) is 59.9 Å². The van der Waals surface area contributed by atoms with Crippen molar-refractivity contribution in [1.29, 1.82) is 0 Å². The van der Waals surface area contributed by atoms with Crippen LogP contribution in [0.5, 0.6) is 5.75 Å². The van der Waals surface area contributed by atoms with E-state index in [-0.39, 0.29) is 18.1 Å². The van der Waals surface area contributed by atoms with Gasteiger partial charge in [0.1, 0.15) is 11.3 Å². The second kappa shape index (κ2) is 9.21. The van der Waals surface area contributed by atoms with Crippen LogP contribution in [0.25, 0.3) is 27.7 Å². The van der Waals surface area contributed by atoms with Crippen LogP contribution in [0.1, 0.15) is 38.8 Å². The van der Waals surface area contributed by atoms with Crippen molar-refractivity contribution in [3.8, 4) is 16.9 Å². The van der Waals surface area contributed by atoms with Gasteiger partial charge in [-0.1, -0.05) is 29.8 Å². The average Bonchev–Trinajstić information content (AvgIpc) is 3.16. The van der Waals surface area contributed by atoms with Crippen molar-refractivity contribution in [2.45, 2.75) is 46.8 Å². The Bertz CT molecular complexity index is 1130. The first-order chi connectivity index (χ1) is 15.4. The molecule has 1 fully saturated rings. The molecule has 1 saturated heterocycles. The molecule has 1 amide bonds. The van der Waals surface area contributed by atoms with Gasteiger partial charge in [0.2, 0.25) is 5.91 Å². The highest BCUT2D eigenvalue weighted by atomic mass is 16.5. The molecule has 32 heavy (non-hydrogen) atoms. The number of benzene rings is 2. The first kappa shape index (κ1) is 22.2. The predicted molar refractivity (Wildman–Crippen MR) is 128 cm³/mol. The van der Waals surface area contributed by atoms with E-state index in [0.29, 0.717) is 19.7 Å². The molecule has 1 aromatic heterocycles. The van der Waals surface area contributed by atoms with Gasteiger partial charge < -0.3 is 18.8 Å². The van der Waals surface area contributed by atoms with E-state index >= 15 is 0 Å². The molecule has 168 valence electrons. The molecule has 5 heteroatoms. The molecule has 2 aromatic carbocycles. The predicted octanol–water partition coefficient (Wildman–Crippen LogP) is 5.85. The number of rotatable bonds is 5. The van der Waals surface area contributed by atoms with E-state index in [4.69, 9.17) is 13.9 Å².